The number of nitrogens with zero attached hydrogens (tertiary/aromatic N) is 2. The highest BCUT2D eigenvalue weighted by molar-refractivity contribution is 5.87. The second-order valence-corrected chi connectivity index (χ2v) is 4.68. The van der Waals surface area contributed by atoms with Gasteiger partial charge in [0.15, 0.2) is 0 Å². The van der Waals surface area contributed by atoms with Gasteiger partial charge in [-0.05, 0) is 25.0 Å². The fourth-order valence-corrected chi connectivity index (χ4v) is 2.07. The molecule has 0 atom stereocenters. The number of amides is 2. The number of carboxylic acid groups (broad SMARTS) is 1. The largest absolute Gasteiger partial charge is 0.478 e. The fourth-order valence-electron chi connectivity index (χ4n) is 2.07. The van der Waals surface area contributed by atoms with Crippen molar-refractivity contribution in [3.05, 3.63) is 29.6 Å². The van der Waals surface area contributed by atoms with Gasteiger partial charge in [-0.25, -0.2) is 14.6 Å². The summed E-state index contributed by atoms with van der Waals surface area (Å²) in [7, 11) is 0. The Labute approximate surface area is 117 Å². The normalized spacial score (nSPS) is 15.6. The second kappa shape index (κ2) is 6.85. The number of aromatic carboxylic acids is 1. The molecule has 2 rings (SSSR count). The highest BCUT2D eigenvalue weighted by atomic mass is 16.4. The van der Waals surface area contributed by atoms with E-state index in [1.165, 1.54) is 24.8 Å². The maximum atomic E-state index is 11.7. The third kappa shape index (κ3) is 4.20. The Morgan fingerprint density at radius 3 is 2.75 bits per heavy atom. The molecule has 1 aliphatic rings. The number of carboxylic acids is 1. The van der Waals surface area contributed by atoms with Crippen LogP contribution >= 0.6 is 0 Å². The maximum absolute atomic E-state index is 11.7. The molecule has 1 aromatic heterocycles. The van der Waals surface area contributed by atoms with Gasteiger partial charge in [-0.2, -0.15) is 0 Å². The van der Waals surface area contributed by atoms with Gasteiger partial charge < -0.3 is 10.4 Å². The molecule has 0 bridgehead atoms. The zero-order chi connectivity index (χ0) is 14.4. The van der Waals surface area contributed by atoms with Gasteiger partial charge >= 0.3 is 12.0 Å². The molecule has 2 heterocycles. The number of pyridine rings is 1. The van der Waals surface area contributed by atoms with Crippen molar-refractivity contribution >= 4 is 12.0 Å². The highest BCUT2D eigenvalue weighted by Gasteiger charge is 2.12. The van der Waals surface area contributed by atoms with E-state index in [0.717, 1.165) is 25.9 Å². The summed E-state index contributed by atoms with van der Waals surface area (Å²) >= 11 is 0. The van der Waals surface area contributed by atoms with Crippen LogP contribution in [-0.2, 0) is 6.54 Å². The number of piperidine rings is 1. The number of carbonyl (C=O) groups excluding carboxylic acids is 1. The number of aromatic nitrogens is 1. The van der Waals surface area contributed by atoms with Crippen LogP contribution in [0.2, 0.25) is 0 Å². The zero-order valence-electron chi connectivity index (χ0n) is 11.1. The molecule has 1 aromatic rings. The third-order valence-corrected chi connectivity index (χ3v) is 3.11. The van der Waals surface area contributed by atoms with E-state index in [1.807, 2.05) is 5.01 Å². The van der Waals surface area contributed by atoms with Crippen molar-refractivity contribution in [3.63, 3.8) is 0 Å². The van der Waals surface area contributed by atoms with Gasteiger partial charge in [-0.3, -0.25) is 10.4 Å². The van der Waals surface area contributed by atoms with Crippen molar-refractivity contribution in [2.75, 3.05) is 13.1 Å². The summed E-state index contributed by atoms with van der Waals surface area (Å²) in [5.74, 6) is -1.01. The molecule has 2 amide bonds. The van der Waals surface area contributed by atoms with E-state index in [1.54, 1.807) is 0 Å². The summed E-state index contributed by atoms with van der Waals surface area (Å²) in [6, 6.07) is 2.57. The summed E-state index contributed by atoms with van der Waals surface area (Å²) in [5.41, 5.74) is 3.44. The first-order valence-corrected chi connectivity index (χ1v) is 6.63. The summed E-state index contributed by atoms with van der Waals surface area (Å²) in [6.45, 7) is 1.92. The van der Waals surface area contributed by atoms with Crippen molar-refractivity contribution in [3.8, 4) is 0 Å². The molecule has 0 aliphatic carbocycles. The Hall–Kier alpha value is -2.15. The second-order valence-electron chi connectivity index (χ2n) is 4.68. The predicted octanol–water partition coefficient (Wildman–Crippen LogP) is 0.980. The van der Waals surface area contributed by atoms with E-state index in [4.69, 9.17) is 5.11 Å². The van der Waals surface area contributed by atoms with Crippen LogP contribution in [0, 0.1) is 0 Å². The molecule has 108 valence electrons. The predicted molar refractivity (Wildman–Crippen MR) is 72.0 cm³/mol. The smallest absolute Gasteiger partial charge is 0.335 e. The first-order valence-electron chi connectivity index (χ1n) is 6.63. The lowest BCUT2D eigenvalue weighted by Crippen LogP contribution is -2.49. The van der Waals surface area contributed by atoms with Crippen molar-refractivity contribution in [2.45, 2.75) is 25.8 Å². The lowest BCUT2D eigenvalue weighted by atomic mass is 10.2. The first kappa shape index (κ1) is 14.3. The fraction of sp³-hybridized carbons (Fsp3) is 0.462. The first-order chi connectivity index (χ1) is 9.65. The summed E-state index contributed by atoms with van der Waals surface area (Å²) in [4.78, 5) is 26.5. The topological polar surface area (TPSA) is 94.6 Å². The molecular formula is C13H18N4O3. The van der Waals surface area contributed by atoms with Gasteiger partial charge in [0.2, 0.25) is 0 Å². The van der Waals surface area contributed by atoms with E-state index >= 15 is 0 Å². The number of carbonyl (C=O) groups is 2. The number of hydrogen-bond acceptors (Lipinski definition) is 4. The minimum atomic E-state index is -1.01. The Balaban J connectivity index is 1.80. The van der Waals surface area contributed by atoms with E-state index < -0.39 is 5.97 Å². The molecule has 0 unspecified atom stereocenters. The number of hydrogen-bond donors (Lipinski definition) is 3. The average molecular weight is 278 g/mol. The van der Waals surface area contributed by atoms with Crippen molar-refractivity contribution < 1.29 is 14.7 Å². The molecule has 1 fully saturated rings. The van der Waals surface area contributed by atoms with Gasteiger partial charge in [0.25, 0.3) is 0 Å². The molecule has 7 heteroatoms. The van der Waals surface area contributed by atoms with Gasteiger partial charge in [-0.1, -0.05) is 6.42 Å². The van der Waals surface area contributed by atoms with Gasteiger partial charge in [-0.15, -0.1) is 0 Å². The van der Waals surface area contributed by atoms with Crippen LogP contribution < -0.4 is 10.7 Å². The minimum absolute atomic E-state index is 0.160. The van der Waals surface area contributed by atoms with E-state index in [-0.39, 0.29) is 18.1 Å². The van der Waals surface area contributed by atoms with Crippen LogP contribution in [0.15, 0.2) is 18.3 Å². The average Bonchev–Trinajstić information content (AvgIpc) is 2.46. The monoisotopic (exact) mass is 278 g/mol. The molecule has 7 nitrogen and oxygen atoms in total. The van der Waals surface area contributed by atoms with Crippen LogP contribution in [0.3, 0.4) is 0 Å². The number of urea groups is 1. The summed E-state index contributed by atoms with van der Waals surface area (Å²) in [5, 5.41) is 13.4. The molecule has 3 N–H and O–H groups in total. The summed E-state index contributed by atoms with van der Waals surface area (Å²) in [6.07, 6.45) is 4.79. The Morgan fingerprint density at radius 2 is 2.05 bits per heavy atom. The van der Waals surface area contributed by atoms with Crippen LogP contribution in [0.5, 0.6) is 0 Å². The number of rotatable bonds is 4. The molecule has 0 spiro atoms. The van der Waals surface area contributed by atoms with Gasteiger partial charge in [0.05, 0.1) is 17.8 Å². The van der Waals surface area contributed by atoms with Crippen LogP contribution in [0.4, 0.5) is 4.79 Å². The Morgan fingerprint density at radius 1 is 1.30 bits per heavy atom. The van der Waals surface area contributed by atoms with E-state index in [0.29, 0.717) is 5.69 Å². The lowest BCUT2D eigenvalue weighted by molar-refractivity contribution is 0.0696. The Kier molecular flexibility index (Phi) is 4.89. The van der Waals surface area contributed by atoms with Gasteiger partial charge in [0, 0.05) is 19.3 Å². The Bertz CT molecular complexity index is 486. The third-order valence-electron chi connectivity index (χ3n) is 3.11. The summed E-state index contributed by atoms with van der Waals surface area (Å²) < 4.78 is 0. The lowest BCUT2D eigenvalue weighted by Gasteiger charge is -2.26. The molecule has 0 aromatic carbocycles. The molecule has 0 saturated carbocycles. The van der Waals surface area contributed by atoms with Crippen LogP contribution in [-0.4, -0.2) is 40.2 Å². The molecule has 0 radical (unpaired) electrons. The highest BCUT2D eigenvalue weighted by Crippen LogP contribution is 2.05. The van der Waals surface area contributed by atoms with Gasteiger partial charge in [0.1, 0.15) is 0 Å². The maximum Gasteiger partial charge on any atom is 0.335 e. The van der Waals surface area contributed by atoms with Crippen molar-refractivity contribution in [1.82, 2.24) is 20.7 Å². The zero-order valence-corrected chi connectivity index (χ0v) is 11.1. The van der Waals surface area contributed by atoms with Crippen LogP contribution in [0.25, 0.3) is 0 Å². The quantitative estimate of drug-likeness (QED) is 0.763. The SMILES string of the molecule is O=C(NCc1cc(C(=O)O)ccn1)NN1CCCCC1. The molecule has 1 aliphatic heterocycles. The van der Waals surface area contributed by atoms with Crippen molar-refractivity contribution in [1.29, 1.82) is 0 Å². The molecule has 1 saturated heterocycles. The van der Waals surface area contributed by atoms with Crippen molar-refractivity contribution in [2.24, 2.45) is 0 Å². The van der Waals surface area contributed by atoms with E-state index in [9.17, 15) is 9.59 Å². The van der Waals surface area contributed by atoms with Crippen LogP contribution in [0.1, 0.15) is 35.3 Å². The number of hydrazine groups is 1. The standard InChI is InChI=1S/C13H18N4O3/c18-12(19)10-4-5-14-11(8-10)9-15-13(20)16-17-6-2-1-3-7-17/h4-5,8H,1-3,6-7,9H2,(H,18,19)(H2,15,16,20). The number of nitrogens with one attached hydrogen (secondary N) is 2. The minimum Gasteiger partial charge on any atom is -0.478 e. The van der Waals surface area contributed by atoms with E-state index in [2.05, 4.69) is 15.7 Å². The molecular weight excluding hydrogens is 260 g/mol. The molecule has 20 heavy (non-hydrogen) atoms.